The van der Waals surface area contributed by atoms with E-state index in [4.69, 9.17) is 9.97 Å². The summed E-state index contributed by atoms with van der Waals surface area (Å²) >= 11 is 1.83. The standard InChI is InChI=1S/C33H21N3S/c1-2-10-22(11-3-1)29-21-30(23-17-18-32-27(20-23)25-13-6-7-16-31(25)37-32)36-33(35-29)26-14-5-4-12-24(26)28-15-8-9-19-34-28/h1-21H. The molecule has 0 atom stereocenters. The number of hydrogen-bond donors (Lipinski definition) is 0. The first-order valence-electron chi connectivity index (χ1n) is 12.2. The minimum atomic E-state index is 0.688. The van der Waals surface area contributed by atoms with Gasteiger partial charge in [-0.2, -0.15) is 0 Å². The second-order valence-electron chi connectivity index (χ2n) is 8.90. The van der Waals surface area contributed by atoms with E-state index in [1.165, 1.54) is 20.2 Å². The van der Waals surface area contributed by atoms with Crippen molar-refractivity contribution in [2.75, 3.05) is 0 Å². The zero-order valence-corrected chi connectivity index (χ0v) is 20.7. The van der Waals surface area contributed by atoms with Gasteiger partial charge in [0.2, 0.25) is 0 Å². The summed E-state index contributed by atoms with van der Waals surface area (Å²) in [4.78, 5) is 14.8. The van der Waals surface area contributed by atoms with Gasteiger partial charge in [0.05, 0.1) is 17.1 Å². The lowest BCUT2D eigenvalue weighted by molar-refractivity contribution is 1.18. The first-order valence-corrected chi connectivity index (χ1v) is 13.0. The Morgan fingerprint density at radius 3 is 2.00 bits per heavy atom. The predicted molar refractivity (Wildman–Crippen MR) is 154 cm³/mol. The van der Waals surface area contributed by atoms with Gasteiger partial charge in [0, 0.05) is 48.6 Å². The molecular formula is C33H21N3S. The molecule has 3 nitrogen and oxygen atoms in total. The van der Waals surface area contributed by atoms with Crippen LogP contribution in [0.4, 0.5) is 0 Å². The first-order chi connectivity index (χ1) is 18.3. The molecule has 0 amide bonds. The third kappa shape index (κ3) is 3.98. The molecule has 0 aliphatic heterocycles. The van der Waals surface area contributed by atoms with Gasteiger partial charge in [-0.1, -0.05) is 84.9 Å². The maximum Gasteiger partial charge on any atom is 0.161 e. The molecule has 0 aliphatic rings. The highest BCUT2D eigenvalue weighted by atomic mass is 32.1. The second-order valence-corrected chi connectivity index (χ2v) is 9.98. The topological polar surface area (TPSA) is 38.7 Å². The van der Waals surface area contributed by atoms with Gasteiger partial charge in [0.25, 0.3) is 0 Å². The Kier molecular flexibility index (Phi) is 5.30. The molecule has 174 valence electrons. The van der Waals surface area contributed by atoms with Crippen LogP contribution in [0.25, 0.3) is 65.3 Å². The normalized spacial score (nSPS) is 11.2. The van der Waals surface area contributed by atoms with Crippen LogP contribution < -0.4 is 0 Å². The van der Waals surface area contributed by atoms with Gasteiger partial charge in [0.1, 0.15) is 0 Å². The molecule has 7 rings (SSSR count). The van der Waals surface area contributed by atoms with E-state index in [-0.39, 0.29) is 0 Å². The number of benzene rings is 4. The summed E-state index contributed by atoms with van der Waals surface area (Å²) in [5, 5.41) is 2.54. The zero-order chi connectivity index (χ0) is 24.6. The first kappa shape index (κ1) is 21.6. The predicted octanol–water partition coefficient (Wildman–Crippen LogP) is 8.91. The lowest BCUT2D eigenvalue weighted by Crippen LogP contribution is -1.97. The van der Waals surface area contributed by atoms with Crippen LogP contribution in [0.5, 0.6) is 0 Å². The number of pyridine rings is 1. The molecule has 0 unspecified atom stereocenters. The molecule has 0 saturated heterocycles. The Bertz CT molecular complexity index is 1880. The average Bonchev–Trinajstić information content (AvgIpc) is 3.36. The number of aromatic nitrogens is 3. The molecule has 4 aromatic carbocycles. The smallest absolute Gasteiger partial charge is 0.161 e. The Labute approximate surface area is 218 Å². The number of rotatable bonds is 4. The Morgan fingerprint density at radius 1 is 0.459 bits per heavy atom. The van der Waals surface area contributed by atoms with Gasteiger partial charge < -0.3 is 0 Å². The molecule has 7 aromatic rings. The maximum atomic E-state index is 5.12. The van der Waals surface area contributed by atoms with E-state index in [1.807, 2.05) is 66.1 Å². The van der Waals surface area contributed by atoms with Crippen molar-refractivity contribution in [1.29, 1.82) is 0 Å². The van der Waals surface area contributed by atoms with Crippen LogP contribution in [0, 0.1) is 0 Å². The molecule has 37 heavy (non-hydrogen) atoms. The van der Waals surface area contributed by atoms with E-state index in [2.05, 4.69) is 77.8 Å². The number of nitrogens with zero attached hydrogens (tertiary/aromatic N) is 3. The monoisotopic (exact) mass is 491 g/mol. The summed E-state index contributed by atoms with van der Waals surface area (Å²) in [6.07, 6.45) is 1.82. The molecule has 0 bridgehead atoms. The van der Waals surface area contributed by atoms with Crippen molar-refractivity contribution in [1.82, 2.24) is 15.0 Å². The van der Waals surface area contributed by atoms with Crippen LogP contribution in [0.1, 0.15) is 0 Å². The molecule has 0 radical (unpaired) electrons. The quantitative estimate of drug-likeness (QED) is 0.247. The van der Waals surface area contributed by atoms with Gasteiger partial charge in [-0.25, -0.2) is 9.97 Å². The minimum absolute atomic E-state index is 0.688. The Hall–Kier alpha value is -4.67. The Morgan fingerprint density at radius 2 is 1.16 bits per heavy atom. The molecule has 0 N–H and O–H groups in total. The molecule has 0 aliphatic carbocycles. The third-order valence-electron chi connectivity index (χ3n) is 6.58. The summed E-state index contributed by atoms with van der Waals surface area (Å²) in [6, 6.07) is 41.8. The van der Waals surface area contributed by atoms with Gasteiger partial charge in [0.15, 0.2) is 5.82 Å². The second kappa shape index (κ2) is 9.08. The fourth-order valence-electron chi connectivity index (χ4n) is 4.78. The molecular weight excluding hydrogens is 470 g/mol. The van der Waals surface area contributed by atoms with E-state index in [0.717, 1.165) is 39.3 Å². The van der Waals surface area contributed by atoms with E-state index >= 15 is 0 Å². The molecule has 0 saturated carbocycles. The van der Waals surface area contributed by atoms with Crippen molar-refractivity contribution in [3.63, 3.8) is 0 Å². The number of fused-ring (bicyclic) bond motifs is 3. The fourth-order valence-corrected chi connectivity index (χ4v) is 5.87. The van der Waals surface area contributed by atoms with Crippen molar-refractivity contribution in [2.45, 2.75) is 0 Å². The van der Waals surface area contributed by atoms with Crippen molar-refractivity contribution in [2.24, 2.45) is 0 Å². The lowest BCUT2D eigenvalue weighted by atomic mass is 10.0. The summed E-state index contributed by atoms with van der Waals surface area (Å²) in [7, 11) is 0. The van der Waals surface area contributed by atoms with Crippen molar-refractivity contribution in [3.8, 4) is 45.2 Å². The number of hydrogen-bond acceptors (Lipinski definition) is 4. The number of thiophene rings is 1. The highest BCUT2D eigenvalue weighted by Gasteiger charge is 2.15. The maximum absolute atomic E-state index is 5.12. The van der Waals surface area contributed by atoms with Gasteiger partial charge in [-0.15, -0.1) is 11.3 Å². The molecule has 3 heterocycles. The van der Waals surface area contributed by atoms with Crippen molar-refractivity contribution in [3.05, 3.63) is 128 Å². The van der Waals surface area contributed by atoms with Crippen LogP contribution in [0.15, 0.2) is 128 Å². The summed E-state index contributed by atoms with van der Waals surface area (Å²) in [5.41, 5.74) is 6.81. The fraction of sp³-hybridized carbons (Fsp3) is 0. The van der Waals surface area contributed by atoms with Crippen LogP contribution in [-0.2, 0) is 0 Å². The van der Waals surface area contributed by atoms with E-state index < -0.39 is 0 Å². The van der Waals surface area contributed by atoms with Crippen LogP contribution in [0.3, 0.4) is 0 Å². The molecule has 0 spiro atoms. The minimum Gasteiger partial charge on any atom is -0.256 e. The van der Waals surface area contributed by atoms with E-state index in [9.17, 15) is 0 Å². The van der Waals surface area contributed by atoms with Gasteiger partial charge in [-0.3, -0.25) is 4.98 Å². The zero-order valence-electron chi connectivity index (χ0n) is 19.9. The highest BCUT2D eigenvalue weighted by Crippen LogP contribution is 2.37. The lowest BCUT2D eigenvalue weighted by Gasteiger charge is -2.12. The van der Waals surface area contributed by atoms with Crippen LogP contribution in [0.2, 0.25) is 0 Å². The summed E-state index contributed by atoms with van der Waals surface area (Å²) in [5.74, 6) is 0.688. The molecule has 3 aromatic heterocycles. The van der Waals surface area contributed by atoms with Gasteiger partial charge >= 0.3 is 0 Å². The van der Waals surface area contributed by atoms with Crippen molar-refractivity contribution < 1.29 is 0 Å². The van der Waals surface area contributed by atoms with E-state index in [1.54, 1.807) is 0 Å². The van der Waals surface area contributed by atoms with Gasteiger partial charge in [-0.05, 0) is 36.4 Å². The van der Waals surface area contributed by atoms with Crippen LogP contribution >= 0.6 is 11.3 Å². The molecule has 4 heteroatoms. The average molecular weight is 492 g/mol. The largest absolute Gasteiger partial charge is 0.256 e. The SMILES string of the molecule is c1ccc(-c2cc(-c3ccc4sc5ccccc5c4c3)nc(-c3ccccc3-c3ccccn3)n2)cc1. The summed E-state index contributed by atoms with van der Waals surface area (Å²) < 4.78 is 2.58. The van der Waals surface area contributed by atoms with Crippen LogP contribution in [-0.4, -0.2) is 15.0 Å². The highest BCUT2D eigenvalue weighted by molar-refractivity contribution is 7.25. The van der Waals surface area contributed by atoms with Crippen molar-refractivity contribution >= 4 is 31.5 Å². The molecule has 0 fully saturated rings. The Balaban J connectivity index is 1.46. The van der Waals surface area contributed by atoms with E-state index in [0.29, 0.717) is 5.82 Å². The third-order valence-corrected chi connectivity index (χ3v) is 7.73. The summed E-state index contributed by atoms with van der Waals surface area (Å²) in [6.45, 7) is 0.